The number of hydrogen-bond donors (Lipinski definition) is 0. The van der Waals surface area contributed by atoms with Crippen LogP contribution in [0.5, 0.6) is 0 Å². The maximum Gasteiger partial charge on any atom is 0.273 e. The van der Waals surface area contributed by atoms with Gasteiger partial charge in [0, 0.05) is 11.4 Å². The Balaban J connectivity index is 2.76. The largest absolute Gasteiger partial charge is 0.280 e. The standard InChI is InChI=1S/C16H16N2O/c1-4-13-6-5-7-14(9-13)18-12(3)8-11(2)15(10-17)16(18)19/h5-9H,4H2,1-3H3. The maximum atomic E-state index is 12.4. The van der Waals surface area contributed by atoms with Crippen molar-refractivity contribution in [2.45, 2.75) is 27.2 Å². The highest BCUT2D eigenvalue weighted by Crippen LogP contribution is 2.14. The summed E-state index contributed by atoms with van der Waals surface area (Å²) < 4.78 is 1.60. The Hall–Kier alpha value is -2.34. The zero-order valence-corrected chi connectivity index (χ0v) is 11.4. The van der Waals surface area contributed by atoms with E-state index in [-0.39, 0.29) is 11.1 Å². The van der Waals surface area contributed by atoms with E-state index >= 15 is 0 Å². The van der Waals surface area contributed by atoms with Gasteiger partial charge in [-0.2, -0.15) is 5.26 Å². The Bertz CT molecular complexity index is 721. The number of aryl methyl sites for hydroxylation is 3. The predicted octanol–water partition coefficient (Wildman–Crippen LogP) is 2.89. The summed E-state index contributed by atoms with van der Waals surface area (Å²) >= 11 is 0. The van der Waals surface area contributed by atoms with E-state index in [1.807, 2.05) is 43.3 Å². The number of nitrogens with zero attached hydrogens (tertiary/aromatic N) is 2. The lowest BCUT2D eigenvalue weighted by Gasteiger charge is -2.12. The Kier molecular flexibility index (Phi) is 3.52. The molecule has 0 bridgehead atoms. The molecule has 2 aromatic rings. The second-order valence-corrected chi connectivity index (χ2v) is 4.62. The zero-order valence-electron chi connectivity index (χ0n) is 11.4. The molecule has 0 spiro atoms. The molecule has 3 nitrogen and oxygen atoms in total. The highest BCUT2D eigenvalue weighted by Gasteiger charge is 2.11. The summed E-state index contributed by atoms with van der Waals surface area (Å²) in [5.74, 6) is 0. The summed E-state index contributed by atoms with van der Waals surface area (Å²) in [6, 6.07) is 11.7. The molecule has 0 amide bonds. The fourth-order valence-corrected chi connectivity index (χ4v) is 2.26. The number of benzene rings is 1. The average Bonchev–Trinajstić information content (AvgIpc) is 2.39. The van der Waals surface area contributed by atoms with Gasteiger partial charge in [0.25, 0.3) is 5.56 Å². The molecule has 0 unspecified atom stereocenters. The summed E-state index contributed by atoms with van der Waals surface area (Å²) in [7, 11) is 0. The molecular formula is C16H16N2O. The van der Waals surface area contributed by atoms with E-state index < -0.39 is 0 Å². The van der Waals surface area contributed by atoms with Crippen molar-refractivity contribution in [3.05, 3.63) is 63.1 Å². The SMILES string of the molecule is CCc1cccc(-n2c(C)cc(C)c(C#N)c2=O)c1. The smallest absolute Gasteiger partial charge is 0.273 e. The van der Waals surface area contributed by atoms with Crippen molar-refractivity contribution in [2.75, 3.05) is 0 Å². The van der Waals surface area contributed by atoms with Gasteiger partial charge in [-0.1, -0.05) is 19.1 Å². The second kappa shape index (κ2) is 5.11. The molecule has 96 valence electrons. The van der Waals surface area contributed by atoms with Gasteiger partial charge in [-0.3, -0.25) is 9.36 Å². The van der Waals surface area contributed by atoms with Crippen LogP contribution in [0.1, 0.15) is 29.3 Å². The van der Waals surface area contributed by atoms with Crippen LogP contribution < -0.4 is 5.56 Å². The van der Waals surface area contributed by atoms with Gasteiger partial charge in [-0.15, -0.1) is 0 Å². The van der Waals surface area contributed by atoms with Crippen LogP contribution in [0.3, 0.4) is 0 Å². The first-order valence-corrected chi connectivity index (χ1v) is 6.31. The first-order valence-electron chi connectivity index (χ1n) is 6.31. The monoisotopic (exact) mass is 252 g/mol. The van der Waals surface area contributed by atoms with Crippen molar-refractivity contribution in [3.63, 3.8) is 0 Å². The molecule has 3 heteroatoms. The van der Waals surface area contributed by atoms with E-state index in [1.54, 1.807) is 11.5 Å². The third-order valence-electron chi connectivity index (χ3n) is 3.28. The first-order chi connectivity index (χ1) is 9.08. The van der Waals surface area contributed by atoms with Crippen molar-refractivity contribution in [1.29, 1.82) is 5.26 Å². The molecular weight excluding hydrogens is 236 g/mol. The molecule has 1 heterocycles. The summed E-state index contributed by atoms with van der Waals surface area (Å²) in [5, 5.41) is 9.10. The van der Waals surface area contributed by atoms with E-state index in [2.05, 4.69) is 6.92 Å². The number of rotatable bonds is 2. The molecule has 0 saturated heterocycles. The van der Waals surface area contributed by atoms with Crippen LogP contribution in [-0.2, 0) is 6.42 Å². The second-order valence-electron chi connectivity index (χ2n) is 4.62. The predicted molar refractivity (Wildman–Crippen MR) is 75.6 cm³/mol. The number of pyridine rings is 1. The number of aromatic nitrogens is 1. The maximum absolute atomic E-state index is 12.4. The molecule has 0 N–H and O–H groups in total. The lowest BCUT2D eigenvalue weighted by molar-refractivity contribution is 0.916. The highest BCUT2D eigenvalue weighted by molar-refractivity contribution is 5.43. The Labute approximate surface area is 112 Å². The lowest BCUT2D eigenvalue weighted by Crippen LogP contribution is -2.24. The van der Waals surface area contributed by atoms with Gasteiger partial charge < -0.3 is 0 Å². The Morgan fingerprint density at radius 1 is 1.26 bits per heavy atom. The van der Waals surface area contributed by atoms with Gasteiger partial charge in [0.15, 0.2) is 0 Å². The Morgan fingerprint density at radius 2 is 2.00 bits per heavy atom. The molecule has 1 aromatic carbocycles. The third kappa shape index (κ3) is 2.30. The van der Waals surface area contributed by atoms with Crippen molar-refractivity contribution in [3.8, 4) is 11.8 Å². The van der Waals surface area contributed by atoms with Gasteiger partial charge in [0.05, 0.1) is 0 Å². The summed E-state index contributed by atoms with van der Waals surface area (Å²) in [6.07, 6.45) is 0.915. The minimum Gasteiger partial charge on any atom is -0.280 e. The van der Waals surface area contributed by atoms with Crippen LogP contribution in [0.25, 0.3) is 5.69 Å². The van der Waals surface area contributed by atoms with Gasteiger partial charge in [0.2, 0.25) is 0 Å². The fourth-order valence-electron chi connectivity index (χ4n) is 2.26. The van der Waals surface area contributed by atoms with Crippen LogP contribution in [0.2, 0.25) is 0 Å². The topological polar surface area (TPSA) is 45.8 Å². The van der Waals surface area contributed by atoms with Gasteiger partial charge in [0.1, 0.15) is 11.6 Å². The molecule has 1 aromatic heterocycles. The van der Waals surface area contributed by atoms with E-state index in [0.717, 1.165) is 23.4 Å². The van der Waals surface area contributed by atoms with E-state index in [0.29, 0.717) is 0 Å². The minimum absolute atomic E-state index is 0.215. The molecule has 0 aliphatic carbocycles. The summed E-state index contributed by atoms with van der Waals surface area (Å²) in [6.45, 7) is 5.75. The normalized spacial score (nSPS) is 10.2. The first kappa shape index (κ1) is 13.1. The quantitative estimate of drug-likeness (QED) is 0.825. The van der Waals surface area contributed by atoms with Gasteiger partial charge in [-0.25, -0.2) is 0 Å². The molecule has 19 heavy (non-hydrogen) atoms. The molecule has 0 aliphatic rings. The van der Waals surface area contributed by atoms with Crippen molar-refractivity contribution < 1.29 is 0 Å². The number of hydrogen-bond acceptors (Lipinski definition) is 2. The third-order valence-corrected chi connectivity index (χ3v) is 3.28. The average molecular weight is 252 g/mol. The summed E-state index contributed by atoms with van der Waals surface area (Å²) in [5.41, 5.74) is 3.53. The van der Waals surface area contributed by atoms with Crippen LogP contribution in [-0.4, -0.2) is 4.57 Å². The minimum atomic E-state index is -0.242. The molecule has 0 fully saturated rings. The lowest BCUT2D eigenvalue weighted by atomic mass is 10.1. The molecule has 0 radical (unpaired) electrons. The van der Waals surface area contributed by atoms with Gasteiger partial charge in [-0.05, 0) is 49.6 Å². The molecule has 2 rings (SSSR count). The zero-order chi connectivity index (χ0) is 14.0. The number of nitriles is 1. The van der Waals surface area contributed by atoms with Crippen LogP contribution in [0, 0.1) is 25.2 Å². The van der Waals surface area contributed by atoms with Crippen molar-refractivity contribution in [1.82, 2.24) is 4.57 Å². The summed E-state index contributed by atoms with van der Waals surface area (Å²) in [4.78, 5) is 12.4. The Morgan fingerprint density at radius 3 is 2.63 bits per heavy atom. The highest BCUT2D eigenvalue weighted by atomic mass is 16.1. The fraction of sp³-hybridized carbons (Fsp3) is 0.250. The van der Waals surface area contributed by atoms with Gasteiger partial charge >= 0.3 is 0 Å². The molecule has 0 saturated carbocycles. The van der Waals surface area contributed by atoms with Crippen LogP contribution in [0.15, 0.2) is 35.1 Å². The van der Waals surface area contributed by atoms with E-state index in [4.69, 9.17) is 5.26 Å². The van der Waals surface area contributed by atoms with Crippen molar-refractivity contribution in [2.24, 2.45) is 0 Å². The van der Waals surface area contributed by atoms with Crippen molar-refractivity contribution >= 4 is 0 Å². The van der Waals surface area contributed by atoms with Crippen LogP contribution in [0.4, 0.5) is 0 Å². The van der Waals surface area contributed by atoms with E-state index in [9.17, 15) is 4.79 Å². The molecule has 0 aliphatic heterocycles. The molecule has 0 atom stereocenters. The van der Waals surface area contributed by atoms with Crippen LogP contribution >= 0.6 is 0 Å². The van der Waals surface area contributed by atoms with E-state index in [1.165, 1.54) is 5.56 Å².